The lowest BCUT2D eigenvalue weighted by Gasteiger charge is -1.89. The van der Waals surface area contributed by atoms with Gasteiger partial charge in [-0.3, -0.25) is 0 Å². The lowest BCUT2D eigenvalue weighted by atomic mass is 10.2. The highest BCUT2D eigenvalue weighted by Gasteiger charge is 1.79. The van der Waals surface area contributed by atoms with E-state index in [1.807, 2.05) is 6.92 Å². The molecule has 0 saturated heterocycles. The molecule has 0 radical (unpaired) electrons. The average molecular weight is 204 g/mol. The van der Waals surface area contributed by atoms with E-state index in [0.29, 0.717) is 0 Å². The van der Waals surface area contributed by atoms with Crippen LogP contribution in [0, 0.1) is 0 Å². The highest BCUT2D eigenvalue weighted by molar-refractivity contribution is 5.11. The van der Waals surface area contributed by atoms with Gasteiger partial charge in [0.2, 0.25) is 0 Å². The lowest BCUT2D eigenvalue weighted by molar-refractivity contribution is 0.729. The number of hydrogen-bond donors (Lipinski definition) is 0. The van der Waals surface area contributed by atoms with E-state index in [1.165, 1.54) is 25.7 Å². The van der Waals surface area contributed by atoms with Crippen LogP contribution in [0.3, 0.4) is 0 Å². The molecule has 0 bridgehead atoms. The molecule has 0 aromatic carbocycles. The van der Waals surface area contributed by atoms with Crippen LogP contribution in [0.25, 0.3) is 0 Å². The molecule has 0 fully saturated rings. The Morgan fingerprint density at radius 3 is 2.20 bits per heavy atom. The van der Waals surface area contributed by atoms with Gasteiger partial charge in [0.05, 0.1) is 0 Å². The van der Waals surface area contributed by atoms with E-state index in [9.17, 15) is 0 Å². The zero-order valence-corrected chi connectivity index (χ0v) is 10.2. The fourth-order valence-corrected chi connectivity index (χ4v) is 1.19. The molecule has 0 aliphatic carbocycles. The minimum Gasteiger partial charge on any atom is -0.0914 e. The first-order chi connectivity index (χ1) is 7.41. The summed E-state index contributed by atoms with van der Waals surface area (Å²) in [7, 11) is 0. The first-order valence-corrected chi connectivity index (χ1v) is 6.01. The van der Waals surface area contributed by atoms with Gasteiger partial charge >= 0.3 is 0 Å². The highest BCUT2D eigenvalue weighted by Crippen LogP contribution is 1.99. The fraction of sp³-hybridized carbons (Fsp3) is 0.467. The van der Waals surface area contributed by atoms with Crippen LogP contribution in [-0.2, 0) is 0 Å². The van der Waals surface area contributed by atoms with E-state index in [1.54, 1.807) is 0 Å². The Morgan fingerprint density at radius 1 is 0.800 bits per heavy atom. The third-order valence-electron chi connectivity index (χ3n) is 2.09. The molecule has 84 valence electrons. The van der Waals surface area contributed by atoms with Crippen molar-refractivity contribution in [2.24, 2.45) is 0 Å². The van der Waals surface area contributed by atoms with Gasteiger partial charge < -0.3 is 0 Å². The van der Waals surface area contributed by atoms with E-state index in [2.05, 4.69) is 55.5 Å². The van der Waals surface area contributed by atoms with Gasteiger partial charge in [-0.1, -0.05) is 68.4 Å². The van der Waals surface area contributed by atoms with Crippen LogP contribution in [0.5, 0.6) is 0 Å². The summed E-state index contributed by atoms with van der Waals surface area (Å²) in [5.41, 5.74) is 0. The Labute approximate surface area is 95.1 Å². The normalized spacial score (nSPS) is 12.9. The SMILES string of the molecule is C/C=C/C/C=C/C=C/C=C/CCCCC. The van der Waals surface area contributed by atoms with E-state index < -0.39 is 0 Å². The van der Waals surface area contributed by atoms with Crippen LogP contribution in [0.4, 0.5) is 0 Å². The van der Waals surface area contributed by atoms with Crippen molar-refractivity contribution in [3.05, 3.63) is 48.6 Å². The van der Waals surface area contributed by atoms with E-state index in [-0.39, 0.29) is 0 Å². The molecule has 15 heavy (non-hydrogen) atoms. The van der Waals surface area contributed by atoms with Gasteiger partial charge in [-0.25, -0.2) is 0 Å². The summed E-state index contributed by atoms with van der Waals surface area (Å²) in [5, 5.41) is 0. The summed E-state index contributed by atoms with van der Waals surface area (Å²) in [4.78, 5) is 0. The van der Waals surface area contributed by atoms with Crippen LogP contribution >= 0.6 is 0 Å². The van der Waals surface area contributed by atoms with E-state index in [0.717, 1.165) is 6.42 Å². The quantitative estimate of drug-likeness (QED) is 0.289. The number of hydrogen-bond acceptors (Lipinski definition) is 0. The largest absolute Gasteiger partial charge is 0.0914 e. The molecule has 0 aromatic heterocycles. The van der Waals surface area contributed by atoms with Crippen LogP contribution in [0.15, 0.2) is 48.6 Å². The summed E-state index contributed by atoms with van der Waals surface area (Å²) >= 11 is 0. The van der Waals surface area contributed by atoms with Gasteiger partial charge in [0.15, 0.2) is 0 Å². The Kier molecular flexibility index (Phi) is 12.1. The van der Waals surface area contributed by atoms with E-state index in [4.69, 9.17) is 0 Å². The molecule has 0 unspecified atom stereocenters. The molecule has 0 aliphatic rings. The van der Waals surface area contributed by atoms with Crippen molar-refractivity contribution in [1.29, 1.82) is 0 Å². The fourth-order valence-electron chi connectivity index (χ4n) is 1.19. The van der Waals surface area contributed by atoms with Gasteiger partial charge in [0, 0.05) is 0 Å². The Bertz CT molecular complexity index is 216. The van der Waals surface area contributed by atoms with Gasteiger partial charge in [-0.2, -0.15) is 0 Å². The third-order valence-corrected chi connectivity index (χ3v) is 2.09. The summed E-state index contributed by atoms with van der Waals surface area (Å²) in [5.74, 6) is 0. The van der Waals surface area contributed by atoms with Crippen molar-refractivity contribution in [1.82, 2.24) is 0 Å². The third kappa shape index (κ3) is 13.0. The molecule has 0 amide bonds. The van der Waals surface area contributed by atoms with Crippen molar-refractivity contribution in [2.75, 3.05) is 0 Å². The monoisotopic (exact) mass is 204 g/mol. The minimum absolute atomic E-state index is 1.03. The predicted octanol–water partition coefficient (Wildman–Crippen LogP) is 5.20. The van der Waals surface area contributed by atoms with Gasteiger partial charge in [0.1, 0.15) is 0 Å². The highest BCUT2D eigenvalue weighted by atomic mass is 13.9. The average Bonchev–Trinajstić information content (AvgIpc) is 2.26. The maximum absolute atomic E-state index is 2.24. The number of unbranched alkanes of at least 4 members (excludes halogenated alkanes) is 3. The number of allylic oxidation sites excluding steroid dienone is 8. The van der Waals surface area contributed by atoms with Crippen molar-refractivity contribution >= 4 is 0 Å². The van der Waals surface area contributed by atoms with Crippen LogP contribution < -0.4 is 0 Å². The second-order valence-electron chi connectivity index (χ2n) is 3.54. The second kappa shape index (κ2) is 13.0. The number of rotatable bonds is 8. The molecule has 0 spiro atoms. The molecule has 0 nitrogen and oxygen atoms in total. The molecule has 0 aliphatic heterocycles. The zero-order chi connectivity index (χ0) is 11.2. The van der Waals surface area contributed by atoms with Crippen LogP contribution in [0.1, 0.15) is 46.0 Å². The van der Waals surface area contributed by atoms with Crippen molar-refractivity contribution < 1.29 is 0 Å². The van der Waals surface area contributed by atoms with Crippen molar-refractivity contribution in [3.8, 4) is 0 Å². The lowest BCUT2D eigenvalue weighted by Crippen LogP contribution is -1.69. The molecule has 0 rings (SSSR count). The zero-order valence-electron chi connectivity index (χ0n) is 10.2. The molecule has 0 aromatic rings. The van der Waals surface area contributed by atoms with Crippen LogP contribution in [0.2, 0.25) is 0 Å². The Hall–Kier alpha value is -1.04. The minimum atomic E-state index is 1.03. The molecular formula is C15H24. The van der Waals surface area contributed by atoms with Gasteiger partial charge in [-0.05, 0) is 26.2 Å². The Balaban J connectivity index is 3.40. The molecule has 0 saturated carbocycles. The van der Waals surface area contributed by atoms with Crippen molar-refractivity contribution in [2.45, 2.75) is 46.0 Å². The summed E-state index contributed by atoms with van der Waals surface area (Å²) < 4.78 is 0. The predicted molar refractivity (Wildman–Crippen MR) is 71.0 cm³/mol. The summed E-state index contributed by atoms with van der Waals surface area (Å²) in [6.07, 6.45) is 23.2. The second-order valence-corrected chi connectivity index (χ2v) is 3.54. The first-order valence-electron chi connectivity index (χ1n) is 6.01. The molecule has 0 N–H and O–H groups in total. The van der Waals surface area contributed by atoms with Crippen LogP contribution in [-0.4, -0.2) is 0 Å². The molecule has 0 heteroatoms. The van der Waals surface area contributed by atoms with Gasteiger partial charge in [0.25, 0.3) is 0 Å². The molecule has 0 atom stereocenters. The standard InChI is InChI=1S/C15H24/c1-3-5-7-9-11-13-15-14-12-10-8-6-4-2/h3,5,9,11-15H,4,6-8,10H2,1-2H3/b5-3+,11-9+,14-12+,15-13+. The van der Waals surface area contributed by atoms with Gasteiger partial charge in [-0.15, -0.1) is 0 Å². The Morgan fingerprint density at radius 2 is 1.53 bits per heavy atom. The maximum atomic E-state index is 2.24. The molecule has 0 heterocycles. The summed E-state index contributed by atoms with van der Waals surface area (Å²) in [6, 6.07) is 0. The molecular weight excluding hydrogens is 180 g/mol. The first kappa shape index (κ1) is 14.0. The van der Waals surface area contributed by atoms with Crippen molar-refractivity contribution in [3.63, 3.8) is 0 Å². The summed E-state index contributed by atoms with van der Waals surface area (Å²) in [6.45, 7) is 4.28. The smallest absolute Gasteiger partial charge is 0.0166 e. The van der Waals surface area contributed by atoms with E-state index >= 15 is 0 Å². The topological polar surface area (TPSA) is 0 Å². The maximum Gasteiger partial charge on any atom is -0.0166 e.